The van der Waals surface area contributed by atoms with Crippen LogP contribution in [0, 0.1) is 0 Å². The highest BCUT2D eigenvalue weighted by molar-refractivity contribution is 7.99. The summed E-state index contributed by atoms with van der Waals surface area (Å²) in [6.45, 7) is 3.43. The van der Waals surface area contributed by atoms with Gasteiger partial charge >= 0.3 is 0 Å². The van der Waals surface area contributed by atoms with Gasteiger partial charge in [0.15, 0.2) is 0 Å². The molecule has 23 heavy (non-hydrogen) atoms. The zero-order valence-electron chi connectivity index (χ0n) is 12.8. The molecular weight excluding hydrogens is 334 g/mol. The van der Waals surface area contributed by atoms with Crippen LogP contribution in [0.25, 0.3) is 0 Å². The van der Waals surface area contributed by atoms with E-state index in [1.165, 1.54) is 11.8 Å². The number of hydrogen-bond acceptors (Lipinski definition) is 7. The highest BCUT2D eigenvalue weighted by atomic mass is 32.2. The van der Waals surface area contributed by atoms with Gasteiger partial charge in [0.25, 0.3) is 0 Å². The fourth-order valence-corrected chi connectivity index (χ4v) is 3.85. The van der Waals surface area contributed by atoms with Gasteiger partial charge in [-0.1, -0.05) is 17.8 Å². The van der Waals surface area contributed by atoms with Gasteiger partial charge in [-0.05, 0) is 41.6 Å². The van der Waals surface area contributed by atoms with Crippen LogP contribution in [0.3, 0.4) is 0 Å². The third-order valence-corrected chi connectivity index (χ3v) is 5.59. The van der Waals surface area contributed by atoms with E-state index in [0.717, 1.165) is 24.3 Å². The predicted octanol–water partition coefficient (Wildman–Crippen LogP) is 1.88. The summed E-state index contributed by atoms with van der Waals surface area (Å²) < 4.78 is 7.32. The van der Waals surface area contributed by atoms with Crippen molar-refractivity contribution in [2.75, 3.05) is 12.4 Å². The number of carbonyl (C=O) groups is 1. The van der Waals surface area contributed by atoms with Crippen LogP contribution < -0.4 is 5.32 Å². The van der Waals surface area contributed by atoms with E-state index in [0.29, 0.717) is 17.5 Å². The summed E-state index contributed by atoms with van der Waals surface area (Å²) in [6, 6.07) is 4.02. The lowest BCUT2D eigenvalue weighted by Gasteiger charge is -2.12. The van der Waals surface area contributed by atoms with E-state index in [4.69, 9.17) is 4.74 Å². The Bertz CT molecular complexity index is 625. The van der Waals surface area contributed by atoms with Gasteiger partial charge in [-0.3, -0.25) is 4.79 Å². The van der Waals surface area contributed by atoms with Crippen molar-refractivity contribution in [1.29, 1.82) is 0 Å². The van der Waals surface area contributed by atoms with Crippen LogP contribution in [-0.2, 0) is 16.1 Å². The van der Waals surface area contributed by atoms with Crippen molar-refractivity contribution in [1.82, 2.24) is 25.5 Å². The second-order valence-electron chi connectivity index (χ2n) is 5.37. The number of nitrogens with zero attached hydrogens (tertiary/aromatic N) is 4. The summed E-state index contributed by atoms with van der Waals surface area (Å²) >= 11 is 2.98. The van der Waals surface area contributed by atoms with Gasteiger partial charge in [-0.2, -0.15) is 0 Å². The number of ether oxygens (including phenoxy) is 1. The van der Waals surface area contributed by atoms with Crippen LogP contribution in [0.15, 0.2) is 22.7 Å². The van der Waals surface area contributed by atoms with Crippen molar-refractivity contribution < 1.29 is 9.53 Å². The summed E-state index contributed by atoms with van der Waals surface area (Å²) in [5.41, 5.74) is 0. The van der Waals surface area contributed by atoms with Crippen molar-refractivity contribution in [2.45, 2.75) is 43.6 Å². The predicted molar refractivity (Wildman–Crippen MR) is 88.4 cm³/mol. The Morgan fingerprint density at radius 3 is 3.30 bits per heavy atom. The summed E-state index contributed by atoms with van der Waals surface area (Å²) in [6.07, 6.45) is 2.28. The molecule has 1 aliphatic rings. The number of carbonyl (C=O) groups excluding carboxylic acids is 1. The smallest absolute Gasteiger partial charge is 0.230 e. The number of thioether (sulfide) groups is 1. The molecule has 0 spiro atoms. The van der Waals surface area contributed by atoms with Crippen molar-refractivity contribution >= 4 is 29.0 Å². The van der Waals surface area contributed by atoms with Crippen molar-refractivity contribution in [2.24, 2.45) is 0 Å². The molecule has 1 amide bonds. The lowest BCUT2D eigenvalue weighted by atomic mass is 10.2. The highest BCUT2D eigenvalue weighted by Gasteiger charge is 2.19. The second-order valence-corrected chi connectivity index (χ2v) is 7.29. The van der Waals surface area contributed by atoms with Gasteiger partial charge in [0.05, 0.1) is 24.4 Å². The topological polar surface area (TPSA) is 81.9 Å². The zero-order valence-corrected chi connectivity index (χ0v) is 14.5. The van der Waals surface area contributed by atoms with Crippen LogP contribution >= 0.6 is 23.1 Å². The Labute approximate surface area is 142 Å². The zero-order chi connectivity index (χ0) is 16.1. The molecule has 9 heteroatoms. The van der Waals surface area contributed by atoms with Crippen LogP contribution in [0.5, 0.6) is 0 Å². The van der Waals surface area contributed by atoms with Gasteiger partial charge in [-0.15, -0.1) is 16.4 Å². The average Bonchev–Trinajstić information content (AvgIpc) is 3.29. The molecule has 2 atom stereocenters. The molecule has 0 bridgehead atoms. The van der Waals surface area contributed by atoms with Crippen LogP contribution in [0.2, 0.25) is 0 Å². The number of nitrogens with one attached hydrogen (secondary N) is 1. The second kappa shape index (κ2) is 7.89. The number of thiophene rings is 1. The van der Waals surface area contributed by atoms with Gasteiger partial charge in [-0.25, -0.2) is 4.68 Å². The first-order valence-electron chi connectivity index (χ1n) is 7.55. The first-order valence-corrected chi connectivity index (χ1v) is 9.42. The Kier molecular flexibility index (Phi) is 5.63. The molecule has 3 rings (SSSR count). The van der Waals surface area contributed by atoms with E-state index >= 15 is 0 Å². The summed E-state index contributed by atoms with van der Waals surface area (Å²) in [7, 11) is 0. The lowest BCUT2D eigenvalue weighted by molar-refractivity contribution is -0.119. The Morgan fingerprint density at radius 1 is 1.65 bits per heavy atom. The largest absolute Gasteiger partial charge is 0.376 e. The van der Waals surface area contributed by atoms with Crippen molar-refractivity contribution in [3.05, 3.63) is 22.4 Å². The summed E-state index contributed by atoms with van der Waals surface area (Å²) in [5.74, 6) is 0.268. The summed E-state index contributed by atoms with van der Waals surface area (Å²) in [4.78, 5) is 13.2. The molecule has 3 heterocycles. The molecule has 1 saturated heterocycles. The molecule has 0 saturated carbocycles. The number of amides is 1. The molecule has 7 nitrogen and oxygen atoms in total. The Hall–Kier alpha value is -1.45. The van der Waals surface area contributed by atoms with E-state index in [1.54, 1.807) is 16.0 Å². The lowest BCUT2D eigenvalue weighted by Crippen LogP contribution is -2.28. The summed E-state index contributed by atoms with van der Waals surface area (Å²) in [5, 5.41) is 17.3. The molecule has 1 fully saturated rings. The SMILES string of the molecule is CC(NC(=O)CSc1nnnn1CC1CCCO1)c1cccs1. The molecule has 0 aromatic carbocycles. The average molecular weight is 353 g/mol. The quantitative estimate of drug-likeness (QED) is 0.766. The van der Waals surface area contributed by atoms with Gasteiger partial charge in [0.2, 0.25) is 11.1 Å². The number of rotatable bonds is 7. The number of hydrogen-bond donors (Lipinski definition) is 1. The van der Waals surface area contributed by atoms with Crippen LogP contribution in [-0.4, -0.2) is 44.6 Å². The molecule has 0 aliphatic carbocycles. The first-order chi connectivity index (χ1) is 11.2. The third-order valence-electron chi connectivity index (χ3n) is 3.58. The minimum absolute atomic E-state index is 0.0194. The fraction of sp³-hybridized carbons (Fsp3) is 0.571. The number of aromatic nitrogens is 4. The van der Waals surface area contributed by atoms with E-state index in [9.17, 15) is 4.79 Å². The minimum atomic E-state index is -0.0254. The molecule has 2 aromatic rings. The van der Waals surface area contributed by atoms with E-state index in [2.05, 4.69) is 20.8 Å². The Balaban J connectivity index is 1.48. The van der Waals surface area contributed by atoms with Crippen molar-refractivity contribution in [3.63, 3.8) is 0 Å². The fourth-order valence-electron chi connectivity index (χ4n) is 2.42. The maximum absolute atomic E-state index is 12.1. The maximum atomic E-state index is 12.1. The monoisotopic (exact) mass is 353 g/mol. The first kappa shape index (κ1) is 16.4. The molecule has 0 radical (unpaired) electrons. The van der Waals surface area contributed by atoms with E-state index in [-0.39, 0.29) is 18.1 Å². The molecule has 1 aliphatic heterocycles. The molecule has 2 aromatic heterocycles. The van der Waals surface area contributed by atoms with Crippen LogP contribution in [0.4, 0.5) is 0 Å². The number of tetrazole rings is 1. The molecular formula is C14H19N5O2S2. The van der Waals surface area contributed by atoms with Gasteiger partial charge in [0.1, 0.15) is 0 Å². The van der Waals surface area contributed by atoms with Gasteiger partial charge < -0.3 is 10.1 Å². The van der Waals surface area contributed by atoms with Crippen LogP contribution in [0.1, 0.15) is 30.7 Å². The maximum Gasteiger partial charge on any atom is 0.230 e. The normalized spacial score (nSPS) is 18.9. The molecule has 124 valence electrons. The molecule has 2 unspecified atom stereocenters. The van der Waals surface area contributed by atoms with E-state index < -0.39 is 0 Å². The third kappa shape index (κ3) is 4.52. The van der Waals surface area contributed by atoms with Crippen molar-refractivity contribution in [3.8, 4) is 0 Å². The molecule has 1 N–H and O–H groups in total. The van der Waals surface area contributed by atoms with E-state index in [1.807, 2.05) is 24.4 Å². The van der Waals surface area contributed by atoms with Gasteiger partial charge in [0, 0.05) is 11.5 Å². The standard InChI is InChI=1S/C14H19N5O2S2/c1-10(12-5-3-7-22-12)15-13(20)9-23-14-16-17-18-19(14)8-11-4-2-6-21-11/h3,5,7,10-11H,2,4,6,8-9H2,1H3,(H,15,20). The minimum Gasteiger partial charge on any atom is -0.376 e. The Morgan fingerprint density at radius 2 is 2.57 bits per heavy atom. The highest BCUT2D eigenvalue weighted by Crippen LogP contribution is 2.20.